The van der Waals surface area contributed by atoms with Crippen molar-refractivity contribution < 1.29 is 23.7 Å². The van der Waals surface area contributed by atoms with E-state index in [1.807, 2.05) is 83.0 Å². The van der Waals surface area contributed by atoms with Crippen LogP contribution >= 0.6 is 101 Å². The number of nitrogens with one attached hydrogen (secondary N) is 2. The predicted molar refractivity (Wildman–Crippen MR) is 458 cm³/mol. The Bertz CT molecular complexity index is 4690. The fraction of sp³-hybridized carbons (Fsp3) is 0.333. The first-order valence-corrected chi connectivity index (χ1v) is 47.0. The van der Waals surface area contributed by atoms with Gasteiger partial charge in [0.25, 0.3) is 0 Å². The molecular formula is C75H92Br2Cl6N22O5Sn. The van der Waals surface area contributed by atoms with Gasteiger partial charge in [-0.3, -0.25) is 9.13 Å². The second-order valence-electron chi connectivity index (χ2n) is 24.0. The maximum Gasteiger partial charge on any atom is 0.229 e. The number of anilines is 4. The molecule has 11 heterocycles. The van der Waals surface area contributed by atoms with Crippen molar-refractivity contribution in [2.75, 3.05) is 51.3 Å². The average Bonchev–Trinajstić information content (AvgIpc) is 1.68. The number of aromatic amines is 1. The Labute approximate surface area is 697 Å². The Hall–Kier alpha value is -8.08. The van der Waals surface area contributed by atoms with Gasteiger partial charge in [-0.05, 0) is 158 Å². The topological polar surface area (TPSA) is 368 Å². The minimum atomic E-state index is -2.02. The number of hydrogen-bond acceptors (Lipinski definition) is 24. The minimum absolute atomic E-state index is 0.144. The van der Waals surface area contributed by atoms with Crippen molar-refractivity contribution >= 4 is 182 Å². The fourth-order valence-electron chi connectivity index (χ4n) is 10.4. The van der Waals surface area contributed by atoms with Gasteiger partial charge in [-0.1, -0.05) is 36.6 Å². The average molecular weight is 1870 g/mol. The van der Waals surface area contributed by atoms with E-state index in [4.69, 9.17) is 116 Å². The van der Waals surface area contributed by atoms with Crippen LogP contribution in [-0.2, 0) is 9.47 Å². The predicted octanol–water partition coefficient (Wildman–Crippen LogP) is 19.5. The molecular weight excluding hydrogens is 1780 g/mol. The van der Waals surface area contributed by atoms with E-state index in [1.54, 1.807) is 89.2 Å². The molecule has 2 atom stereocenters. The van der Waals surface area contributed by atoms with E-state index in [-0.39, 0.29) is 38.5 Å². The molecule has 1 aliphatic carbocycles. The van der Waals surface area contributed by atoms with Crippen LogP contribution in [0.2, 0.25) is 44.9 Å². The van der Waals surface area contributed by atoms with Gasteiger partial charge in [0.05, 0.1) is 43.1 Å². The number of fused-ring (bicyclic) bond motifs is 3. The van der Waals surface area contributed by atoms with Crippen LogP contribution in [0.25, 0.3) is 50.8 Å². The Balaban J connectivity index is 0.000000206. The largest absolute Gasteiger partial charge is 0.501 e. The smallest absolute Gasteiger partial charge is 0.229 e. The number of aromatic nitrogens is 17. The van der Waals surface area contributed by atoms with Crippen LogP contribution in [0.5, 0.6) is 17.2 Å². The monoisotopic (exact) mass is 1870 g/mol. The Morgan fingerprint density at radius 1 is 0.541 bits per heavy atom. The molecule has 13 rings (SSSR count). The number of methoxy groups -OCH3 is 3. The summed E-state index contributed by atoms with van der Waals surface area (Å²) in [5.74, 6) is 4.35. The first-order valence-electron chi connectivity index (χ1n) is 35.4. The zero-order valence-electron chi connectivity index (χ0n) is 62.8. The van der Waals surface area contributed by atoms with Crippen LogP contribution in [0.1, 0.15) is 104 Å². The number of rotatable bonds is 22. The van der Waals surface area contributed by atoms with Crippen LogP contribution < -0.4 is 42.5 Å². The first-order chi connectivity index (χ1) is 53.6. The summed E-state index contributed by atoms with van der Waals surface area (Å²) in [6.45, 7) is 12.4. The van der Waals surface area contributed by atoms with Crippen molar-refractivity contribution in [2.24, 2.45) is 11.5 Å². The van der Waals surface area contributed by atoms with E-state index >= 15 is 0 Å². The summed E-state index contributed by atoms with van der Waals surface area (Å²) in [6, 6.07) is 21.4. The second kappa shape index (κ2) is 50.1. The Morgan fingerprint density at radius 3 is 1.50 bits per heavy atom. The Morgan fingerprint density at radius 2 is 1.03 bits per heavy atom. The number of ether oxygens (including phenoxy) is 5. The third-order valence-electron chi connectivity index (χ3n) is 16.2. The van der Waals surface area contributed by atoms with Crippen molar-refractivity contribution in [1.29, 1.82) is 0 Å². The molecule has 36 heteroatoms. The molecule has 12 aromatic rings. The fourth-order valence-corrected chi connectivity index (χ4v) is 25.4. The number of halogens is 8. The SMILES string of the molecule is CCC[CH2][Sn]([CH]=COCC)([CH2]CCC)[CH2]CCC.CCOC=Cc1cnc(Cl)nc1N.COc1cc(Nc2ncc3ccn(-c4ccccn4)c3n2)cc(OC)c1OC.Clc1ncc(Br)c(Cl)n1.Clc1ncc2cc[nH]c2n1.Clc1ncc2ccn(-c3ccccn3)c2n1.N[C@@H]1CCCC[C@H]1N.Nc1nc(Cl)ncc1Br. The van der Waals surface area contributed by atoms with Gasteiger partial charge in [0, 0.05) is 120 Å². The zero-order valence-corrected chi connectivity index (χ0v) is 73.4. The van der Waals surface area contributed by atoms with Crippen LogP contribution in [0, 0.1) is 0 Å². The summed E-state index contributed by atoms with van der Waals surface area (Å²) in [4.78, 5) is 58.7. The molecule has 0 spiro atoms. The molecule has 1 fully saturated rings. The molecule has 11 aromatic heterocycles. The van der Waals surface area contributed by atoms with Crippen LogP contribution in [-0.4, -0.2) is 149 Å². The molecule has 0 bridgehead atoms. The van der Waals surface area contributed by atoms with Gasteiger partial charge in [0.15, 0.2) is 22.8 Å². The van der Waals surface area contributed by atoms with E-state index in [1.165, 1.54) is 77.1 Å². The number of hydrogen-bond donors (Lipinski definition) is 6. The van der Waals surface area contributed by atoms with Crippen LogP contribution in [0.4, 0.5) is 23.3 Å². The van der Waals surface area contributed by atoms with Crippen molar-refractivity contribution in [3.8, 4) is 28.9 Å². The van der Waals surface area contributed by atoms with Crippen LogP contribution in [0.3, 0.4) is 0 Å². The molecule has 592 valence electrons. The molecule has 1 aromatic carbocycles. The van der Waals surface area contributed by atoms with Gasteiger partial charge in [-0.2, -0.15) is 19.9 Å². The number of unbranched alkanes of at least 4 members (excludes halogenated alkanes) is 3. The summed E-state index contributed by atoms with van der Waals surface area (Å²) in [5.41, 5.74) is 25.9. The van der Waals surface area contributed by atoms with E-state index in [0.717, 1.165) is 64.2 Å². The number of nitrogens with two attached hydrogens (primary N) is 4. The molecule has 0 radical (unpaired) electrons. The third kappa shape index (κ3) is 31.1. The minimum Gasteiger partial charge on any atom is -0.501 e. The molecule has 1 saturated carbocycles. The molecule has 10 N–H and O–H groups in total. The number of benzene rings is 1. The standard InChI is InChI=1S/C20H19N5O3.C11H7ClN4.C8H10ClN3O.C6H4ClN3.C6H14N2.C4HBrCl2N2.C4H3BrClN3.C4H7O.3C4H9.Sn/c1-26-15-10-14(11-16(27-2)18(15)28-3)23-20-22-12-13-7-9-25(19(13)24-20)17-6-4-5-8-21-17;12-11-14-7-8-4-6-16(10(8)15-11)9-3-1-2-5-13-9;1-2-13-4-3-6-5-11-8(9)12-7(6)10;7-6-9-3-4-1-2-8-5(4)10-6;7-5-3-1-2-4-6(5)8;5-2-1-8-4(7)9-3(2)6;5-2-1-8-4(6)9-3(2)7;1-3-5-4-2;3*1-3-4-2;/h4-12H,1-3H3,(H,22,23,24);1-7H;3-5H,2H2,1H3,(H2,10,11,12);1-3H,(H,8,9,10);5-6H,1-4,7-8H2;1H;1H,(H2,7,8,9);1,3H,4H2,2H3;3*1,3-4H2,2H3;/t;;;;5-,6-;;;;;;;/m....1......./s1. The molecule has 1 aliphatic rings. The summed E-state index contributed by atoms with van der Waals surface area (Å²) >= 11 is 37.4. The maximum atomic E-state index is 5.78. The van der Waals surface area contributed by atoms with E-state index in [9.17, 15) is 0 Å². The van der Waals surface area contributed by atoms with Gasteiger partial charge in [0.2, 0.25) is 38.1 Å². The zero-order chi connectivity index (χ0) is 80.5. The molecule has 111 heavy (non-hydrogen) atoms. The van der Waals surface area contributed by atoms with E-state index < -0.39 is 18.4 Å². The second-order valence-corrected chi connectivity index (χ2v) is 40.8. The summed E-state index contributed by atoms with van der Waals surface area (Å²) in [6.07, 6.45) is 37.2. The maximum absolute atomic E-state index is 5.78. The third-order valence-corrected chi connectivity index (χ3v) is 32.8. The van der Waals surface area contributed by atoms with Crippen LogP contribution in [0.15, 0.2) is 160 Å². The number of pyridine rings is 2. The number of H-pyrrole nitrogens is 1. The van der Waals surface area contributed by atoms with Crippen molar-refractivity contribution in [1.82, 2.24) is 83.9 Å². The molecule has 0 unspecified atom stereocenters. The Kier molecular flexibility index (Phi) is 41.4. The van der Waals surface area contributed by atoms with Gasteiger partial charge in [-0.25, -0.2) is 49.8 Å². The number of nitrogen functional groups attached to an aromatic ring is 2. The van der Waals surface area contributed by atoms with Gasteiger partial charge in [-0.15, -0.1) is 0 Å². The van der Waals surface area contributed by atoms with Crippen molar-refractivity contribution in [2.45, 2.75) is 124 Å². The first kappa shape index (κ1) is 91.8. The van der Waals surface area contributed by atoms with Crippen molar-refractivity contribution in [3.63, 3.8) is 0 Å². The summed E-state index contributed by atoms with van der Waals surface area (Å²) in [5, 5.41) is 7.33. The molecule has 0 saturated heterocycles. The quantitative estimate of drug-likeness (QED) is 0.0159. The van der Waals surface area contributed by atoms with Gasteiger partial charge >= 0.3 is 120 Å². The molecule has 0 aliphatic heterocycles. The molecule has 27 nitrogen and oxygen atoms in total. The summed E-state index contributed by atoms with van der Waals surface area (Å²) in [7, 11) is 4.71. The van der Waals surface area contributed by atoms with E-state index in [0.29, 0.717) is 66.8 Å². The van der Waals surface area contributed by atoms with Gasteiger partial charge in [0.1, 0.15) is 34.1 Å². The number of nitrogens with zero attached hydrogens (tertiary/aromatic N) is 16. The molecule has 0 amide bonds. The summed E-state index contributed by atoms with van der Waals surface area (Å²) < 4.78 is 38.9. The normalized spacial score (nSPS) is 12.8. The van der Waals surface area contributed by atoms with E-state index in [2.05, 4.69) is 150 Å². The van der Waals surface area contributed by atoms with Crippen molar-refractivity contribution in [3.05, 3.63) is 198 Å². The van der Waals surface area contributed by atoms with Gasteiger partial charge < -0.3 is 52.2 Å².